The second-order valence-electron chi connectivity index (χ2n) is 6.16. The zero-order valence-corrected chi connectivity index (χ0v) is 15.2. The minimum absolute atomic E-state index is 0.166. The predicted molar refractivity (Wildman–Crippen MR) is 105 cm³/mol. The number of benzene rings is 2. The van der Waals surface area contributed by atoms with Gasteiger partial charge in [-0.05, 0) is 55.3 Å². The van der Waals surface area contributed by atoms with Crippen LogP contribution < -0.4 is 10.3 Å². The molecule has 0 atom stereocenters. The maximum absolute atomic E-state index is 12.6. The van der Waals surface area contributed by atoms with E-state index in [9.17, 15) is 4.79 Å². The Kier molecular flexibility index (Phi) is 5.79. The summed E-state index contributed by atoms with van der Waals surface area (Å²) < 4.78 is 7.03. The number of ether oxygens (including phenoxy) is 1. The van der Waals surface area contributed by atoms with Crippen LogP contribution >= 0.6 is 0 Å². The number of fused-ring (bicyclic) bond motifs is 1. The van der Waals surface area contributed by atoms with Crippen molar-refractivity contribution < 1.29 is 4.74 Å². The highest BCUT2D eigenvalue weighted by Gasteiger charge is 2.06. The van der Waals surface area contributed by atoms with E-state index in [4.69, 9.17) is 4.74 Å². The van der Waals surface area contributed by atoms with Gasteiger partial charge in [0.05, 0.1) is 23.7 Å². The number of hydrogen-bond acceptors (Lipinski definition) is 4. The van der Waals surface area contributed by atoms with Gasteiger partial charge in [-0.1, -0.05) is 31.9 Å². The van der Waals surface area contributed by atoms with Crippen LogP contribution in [0.1, 0.15) is 37.6 Å². The summed E-state index contributed by atoms with van der Waals surface area (Å²) in [5.41, 5.74) is 1.41. The molecule has 0 saturated carbocycles. The number of para-hydroxylation sites is 1. The first-order valence-electron chi connectivity index (χ1n) is 8.94. The zero-order valence-electron chi connectivity index (χ0n) is 15.2. The third-order valence-electron chi connectivity index (χ3n) is 4.13. The Balaban J connectivity index is 1.76. The van der Waals surface area contributed by atoms with Crippen LogP contribution in [0.15, 0.2) is 58.4 Å². The molecule has 3 rings (SSSR count). The van der Waals surface area contributed by atoms with E-state index in [-0.39, 0.29) is 5.56 Å². The lowest BCUT2D eigenvalue weighted by Crippen LogP contribution is -2.20. The summed E-state index contributed by atoms with van der Waals surface area (Å²) in [7, 11) is 0. The van der Waals surface area contributed by atoms with Gasteiger partial charge in [-0.2, -0.15) is 9.78 Å². The van der Waals surface area contributed by atoms with Gasteiger partial charge in [0.15, 0.2) is 0 Å². The highest BCUT2D eigenvalue weighted by molar-refractivity contribution is 5.80. The lowest BCUT2D eigenvalue weighted by Gasteiger charge is -2.06. The smallest absolute Gasteiger partial charge is 0.282 e. The van der Waals surface area contributed by atoms with Crippen molar-refractivity contribution in [2.75, 3.05) is 6.61 Å². The standard InChI is InChI=1S/C21H23N3O2/c1-3-4-7-14-26-18-12-10-17(11-13-18)15-22-24-16(2)23-20-9-6-5-8-19(20)21(24)25/h5-6,8-13,15H,3-4,7,14H2,1-2H3/b22-15-. The van der Waals surface area contributed by atoms with Gasteiger partial charge in [0.1, 0.15) is 11.6 Å². The van der Waals surface area contributed by atoms with E-state index < -0.39 is 0 Å². The molecule has 1 aromatic heterocycles. The molecule has 2 aromatic carbocycles. The minimum atomic E-state index is -0.166. The van der Waals surface area contributed by atoms with Crippen LogP contribution in [-0.2, 0) is 0 Å². The molecule has 0 aliphatic rings. The summed E-state index contributed by atoms with van der Waals surface area (Å²) in [6.45, 7) is 4.68. The normalized spacial score (nSPS) is 11.3. The van der Waals surface area contributed by atoms with Crippen molar-refractivity contribution in [1.82, 2.24) is 9.66 Å². The van der Waals surface area contributed by atoms with E-state index in [2.05, 4.69) is 17.0 Å². The molecule has 0 aliphatic heterocycles. The number of rotatable bonds is 7. The topological polar surface area (TPSA) is 56.5 Å². The molecule has 0 unspecified atom stereocenters. The Morgan fingerprint density at radius 2 is 1.88 bits per heavy atom. The van der Waals surface area contributed by atoms with Crippen LogP contribution in [0.5, 0.6) is 5.75 Å². The molecule has 5 heteroatoms. The van der Waals surface area contributed by atoms with E-state index in [0.29, 0.717) is 16.7 Å². The van der Waals surface area contributed by atoms with E-state index >= 15 is 0 Å². The van der Waals surface area contributed by atoms with E-state index in [0.717, 1.165) is 24.3 Å². The molecule has 0 aliphatic carbocycles. The van der Waals surface area contributed by atoms with Crippen molar-refractivity contribution in [1.29, 1.82) is 0 Å². The summed E-state index contributed by atoms with van der Waals surface area (Å²) in [6.07, 6.45) is 5.09. The first-order chi connectivity index (χ1) is 12.7. The number of aromatic nitrogens is 2. The van der Waals surface area contributed by atoms with Crippen LogP contribution in [0, 0.1) is 6.92 Å². The van der Waals surface area contributed by atoms with Gasteiger partial charge in [-0.15, -0.1) is 0 Å². The van der Waals surface area contributed by atoms with Crippen molar-refractivity contribution in [2.24, 2.45) is 5.10 Å². The number of aryl methyl sites for hydroxylation is 1. The number of unbranched alkanes of at least 4 members (excludes halogenated alkanes) is 2. The molecule has 0 fully saturated rings. The van der Waals surface area contributed by atoms with Gasteiger partial charge in [0, 0.05) is 0 Å². The molecule has 0 radical (unpaired) electrons. The third-order valence-corrected chi connectivity index (χ3v) is 4.13. The molecule has 0 amide bonds. The molecule has 26 heavy (non-hydrogen) atoms. The maximum Gasteiger partial charge on any atom is 0.282 e. The average Bonchev–Trinajstić information content (AvgIpc) is 2.66. The summed E-state index contributed by atoms with van der Waals surface area (Å²) in [5.74, 6) is 1.40. The number of hydrogen-bond donors (Lipinski definition) is 0. The molecule has 0 bridgehead atoms. The zero-order chi connectivity index (χ0) is 18.4. The summed E-state index contributed by atoms with van der Waals surface area (Å²) in [4.78, 5) is 17.0. The maximum atomic E-state index is 12.6. The lowest BCUT2D eigenvalue weighted by atomic mass is 10.2. The SMILES string of the molecule is CCCCCOc1ccc(/C=N\n2c(C)nc3ccccc3c2=O)cc1. The van der Waals surface area contributed by atoms with Crippen molar-refractivity contribution in [3.63, 3.8) is 0 Å². The Bertz CT molecular complexity index is 959. The van der Waals surface area contributed by atoms with Gasteiger partial charge in [0.25, 0.3) is 5.56 Å². The van der Waals surface area contributed by atoms with Gasteiger partial charge >= 0.3 is 0 Å². The Hall–Kier alpha value is -2.95. The molecule has 0 N–H and O–H groups in total. The second-order valence-corrected chi connectivity index (χ2v) is 6.16. The Labute approximate surface area is 153 Å². The van der Waals surface area contributed by atoms with E-state index in [1.807, 2.05) is 42.5 Å². The van der Waals surface area contributed by atoms with Crippen molar-refractivity contribution in [2.45, 2.75) is 33.1 Å². The molecule has 0 spiro atoms. The molecule has 5 nitrogen and oxygen atoms in total. The largest absolute Gasteiger partial charge is 0.494 e. The molecular formula is C21H23N3O2. The highest BCUT2D eigenvalue weighted by atomic mass is 16.5. The molecule has 134 valence electrons. The predicted octanol–water partition coefficient (Wildman–Crippen LogP) is 4.16. The average molecular weight is 349 g/mol. The van der Waals surface area contributed by atoms with E-state index in [1.54, 1.807) is 19.2 Å². The van der Waals surface area contributed by atoms with Crippen molar-refractivity contribution >= 4 is 17.1 Å². The Morgan fingerprint density at radius 3 is 2.65 bits per heavy atom. The monoisotopic (exact) mass is 349 g/mol. The van der Waals surface area contributed by atoms with Crippen molar-refractivity contribution in [3.05, 3.63) is 70.3 Å². The minimum Gasteiger partial charge on any atom is -0.494 e. The highest BCUT2D eigenvalue weighted by Crippen LogP contribution is 2.12. The fraction of sp³-hybridized carbons (Fsp3) is 0.286. The lowest BCUT2D eigenvalue weighted by molar-refractivity contribution is 0.306. The van der Waals surface area contributed by atoms with Gasteiger partial charge in [-0.3, -0.25) is 4.79 Å². The fourth-order valence-corrected chi connectivity index (χ4v) is 2.69. The van der Waals surface area contributed by atoms with Gasteiger partial charge in [0.2, 0.25) is 0 Å². The van der Waals surface area contributed by atoms with E-state index in [1.165, 1.54) is 17.5 Å². The third kappa shape index (κ3) is 4.17. The summed E-state index contributed by atoms with van der Waals surface area (Å²) >= 11 is 0. The second kappa shape index (κ2) is 8.43. The van der Waals surface area contributed by atoms with Crippen LogP contribution in [0.3, 0.4) is 0 Å². The number of nitrogens with zero attached hydrogens (tertiary/aromatic N) is 3. The van der Waals surface area contributed by atoms with Gasteiger partial charge in [-0.25, -0.2) is 4.98 Å². The van der Waals surface area contributed by atoms with Crippen LogP contribution in [-0.4, -0.2) is 22.5 Å². The van der Waals surface area contributed by atoms with Crippen LogP contribution in [0.4, 0.5) is 0 Å². The molecular weight excluding hydrogens is 326 g/mol. The summed E-state index contributed by atoms with van der Waals surface area (Å²) in [5, 5.41) is 4.88. The van der Waals surface area contributed by atoms with Crippen LogP contribution in [0.2, 0.25) is 0 Å². The molecule has 0 saturated heterocycles. The quantitative estimate of drug-likeness (QED) is 0.475. The first kappa shape index (κ1) is 17.9. The molecule has 3 aromatic rings. The Morgan fingerprint density at radius 1 is 1.12 bits per heavy atom. The summed E-state index contributed by atoms with van der Waals surface area (Å²) in [6, 6.07) is 15.0. The van der Waals surface area contributed by atoms with Gasteiger partial charge < -0.3 is 4.74 Å². The van der Waals surface area contributed by atoms with Crippen molar-refractivity contribution in [3.8, 4) is 5.75 Å². The van der Waals surface area contributed by atoms with Crippen LogP contribution in [0.25, 0.3) is 10.9 Å². The first-order valence-corrected chi connectivity index (χ1v) is 8.94. The fourth-order valence-electron chi connectivity index (χ4n) is 2.69. The molecule has 1 heterocycles.